The molecule has 122 valence electrons. The van der Waals surface area contributed by atoms with Gasteiger partial charge in [-0.25, -0.2) is 0 Å². The van der Waals surface area contributed by atoms with Crippen LogP contribution in [-0.2, 0) is 9.59 Å². The Morgan fingerprint density at radius 2 is 1.62 bits per heavy atom. The molecule has 5 nitrogen and oxygen atoms in total. The van der Waals surface area contributed by atoms with E-state index < -0.39 is 11.8 Å². The highest BCUT2D eigenvalue weighted by Crippen LogP contribution is 2.35. The van der Waals surface area contributed by atoms with Gasteiger partial charge in [0.1, 0.15) is 11.9 Å². The smallest absolute Gasteiger partial charge is 0.246 e. The molecule has 1 unspecified atom stereocenters. The van der Waals surface area contributed by atoms with Gasteiger partial charge < -0.3 is 4.74 Å². The molecule has 0 spiro atoms. The number of para-hydroxylation sites is 1. The molecule has 0 saturated heterocycles. The van der Waals surface area contributed by atoms with Gasteiger partial charge >= 0.3 is 0 Å². The zero-order valence-electron chi connectivity index (χ0n) is 13.6. The maximum atomic E-state index is 11.7. The molecule has 0 bridgehead atoms. The number of ether oxygens (including phenoxy) is 1. The van der Waals surface area contributed by atoms with Crippen LogP contribution in [0.2, 0.25) is 0 Å². The Morgan fingerprint density at radius 1 is 1.00 bits per heavy atom. The fraction of sp³-hybridized carbons (Fsp3) is 0.211. The minimum Gasteiger partial charge on any atom is -0.485 e. The first-order valence-corrected chi connectivity index (χ1v) is 7.76. The molecule has 1 aliphatic rings. The summed E-state index contributed by atoms with van der Waals surface area (Å²) in [6.07, 6.45) is 0.276. The highest BCUT2D eigenvalue weighted by Gasteiger charge is 2.27. The summed E-state index contributed by atoms with van der Waals surface area (Å²) < 4.78 is 6.08. The number of carbonyl (C=O) groups is 2. The van der Waals surface area contributed by atoms with Crippen molar-refractivity contribution in [1.82, 2.24) is 5.01 Å². The first-order valence-electron chi connectivity index (χ1n) is 7.76. The molecule has 5 heteroatoms. The van der Waals surface area contributed by atoms with Gasteiger partial charge in [-0.3, -0.25) is 9.59 Å². The van der Waals surface area contributed by atoms with E-state index in [1.54, 1.807) is 0 Å². The number of hydrazone groups is 1. The fourth-order valence-corrected chi connectivity index (χ4v) is 2.72. The van der Waals surface area contributed by atoms with Gasteiger partial charge in [-0.05, 0) is 17.7 Å². The first kappa shape index (κ1) is 15.9. The number of fused-ring (bicyclic) bond motifs is 1. The number of hydrogen-bond donors (Lipinski definition) is 0. The topological polar surface area (TPSA) is 59.0 Å². The lowest BCUT2D eigenvalue weighted by Gasteiger charge is -2.28. The maximum Gasteiger partial charge on any atom is 0.246 e. The molecule has 0 fully saturated rings. The van der Waals surface area contributed by atoms with E-state index in [4.69, 9.17) is 4.74 Å². The normalized spacial score (nSPS) is 17.8. The predicted molar refractivity (Wildman–Crippen MR) is 90.6 cm³/mol. The lowest BCUT2D eigenvalue weighted by Crippen LogP contribution is -2.31. The summed E-state index contributed by atoms with van der Waals surface area (Å²) in [5, 5.41) is 5.22. The minimum atomic E-state index is -0.407. The molecule has 2 aromatic rings. The SMILES string of the molecule is CC(=O)N(/N=C1\CC(c2ccccc2)Oc2ccccc21)C(C)=O. The van der Waals surface area contributed by atoms with Crippen molar-refractivity contribution in [3.8, 4) is 5.75 Å². The van der Waals surface area contributed by atoms with Gasteiger partial charge in [0.2, 0.25) is 11.8 Å². The van der Waals surface area contributed by atoms with Crippen LogP contribution in [0.25, 0.3) is 0 Å². The molecule has 3 rings (SSSR count). The van der Waals surface area contributed by atoms with Crippen LogP contribution in [-0.4, -0.2) is 22.5 Å². The van der Waals surface area contributed by atoms with Gasteiger partial charge in [-0.1, -0.05) is 42.5 Å². The number of amides is 2. The third-order valence-electron chi connectivity index (χ3n) is 3.83. The van der Waals surface area contributed by atoms with Crippen molar-refractivity contribution in [2.75, 3.05) is 0 Å². The van der Waals surface area contributed by atoms with E-state index >= 15 is 0 Å². The van der Waals surface area contributed by atoms with Gasteiger partial charge in [-0.2, -0.15) is 10.1 Å². The Hall–Kier alpha value is -2.95. The van der Waals surface area contributed by atoms with E-state index in [0.29, 0.717) is 17.9 Å². The van der Waals surface area contributed by atoms with E-state index in [-0.39, 0.29) is 6.10 Å². The van der Waals surface area contributed by atoms with Crippen LogP contribution in [0.5, 0.6) is 5.75 Å². The summed E-state index contributed by atoms with van der Waals surface area (Å²) >= 11 is 0. The van der Waals surface area contributed by atoms with E-state index in [1.165, 1.54) is 13.8 Å². The van der Waals surface area contributed by atoms with Crippen molar-refractivity contribution >= 4 is 17.5 Å². The van der Waals surface area contributed by atoms with Crippen molar-refractivity contribution < 1.29 is 14.3 Å². The third-order valence-corrected chi connectivity index (χ3v) is 3.83. The van der Waals surface area contributed by atoms with Gasteiger partial charge in [-0.15, -0.1) is 0 Å². The minimum absolute atomic E-state index is 0.208. The van der Waals surface area contributed by atoms with Crippen molar-refractivity contribution in [1.29, 1.82) is 0 Å². The molecule has 0 saturated carbocycles. The van der Waals surface area contributed by atoms with Crippen molar-refractivity contribution in [2.24, 2.45) is 5.10 Å². The molecule has 1 atom stereocenters. The number of benzene rings is 2. The summed E-state index contributed by atoms with van der Waals surface area (Å²) in [6.45, 7) is 2.65. The van der Waals surface area contributed by atoms with Crippen LogP contribution in [0.1, 0.15) is 37.5 Å². The zero-order chi connectivity index (χ0) is 17.1. The van der Waals surface area contributed by atoms with Gasteiger partial charge in [0.25, 0.3) is 0 Å². The Bertz CT molecular complexity index is 785. The Labute approximate surface area is 140 Å². The third kappa shape index (κ3) is 3.20. The van der Waals surface area contributed by atoms with Crippen LogP contribution in [0.4, 0.5) is 0 Å². The molecule has 2 amide bonds. The molecule has 0 aliphatic carbocycles. The summed E-state index contributed by atoms with van der Waals surface area (Å²) in [4.78, 5) is 23.4. The van der Waals surface area contributed by atoms with Crippen LogP contribution < -0.4 is 4.74 Å². The van der Waals surface area contributed by atoms with Crippen LogP contribution >= 0.6 is 0 Å². The highest BCUT2D eigenvalue weighted by atomic mass is 16.5. The van der Waals surface area contributed by atoms with Crippen molar-refractivity contribution in [3.63, 3.8) is 0 Å². The second-order valence-electron chi connectivity index (χ2n) is 5.61. The van der Waals surface area contributed by atoms with Crippen LogP contribution in [0.15, 0.2) is 59.7 Å². The molecule has 2 aromatic carbocycles. The summed E-state index contributed by atoms with van der Waals surface area (Å²) in [7, 11) is 0. The molecule has 0 radical (unpaired) electrons. The summed E-state index contributed by atoms with van der Waals surface area (Å²) in [5.41, 5.74) is 2.49. The zero-order valence-corrected chi connectivity index (χ0v) is 13.6. The fourth-order valence-electron chi connectivity index (χ4n) is 2.72. The molecule has 0 N–H and O–H groups in total. The Kier molecular flexibility index (Phi) is 4.42. The monoisotopic (exact) mass is 322 g/mol. The number of hydrogen-bond acceptors (Lipinski definition) is 4. The first-order chi connectivity index (χ1) is 11.6. The summed E-state index contributed by atoms with van der Waals surface area (Å²) in [5.74, 6) is -0.117. The van der Waals surface area contributed by atoms with E-state index in [0.717, 1.165) is 16.1 Å². The predicted octanol–water partition coefficient (Wildman–Crippen LogP) is 3.31. The quantitative estimate of drug-likeness (QED) is 0.797. The van der Waals surface area contributed by atoms with Gasteiger partial charge in [0.15, 0.2) is 0 Å². The average Bonchev–Trinajstić information content (AvgIpc) is 2.59. The van der Waals surface area contributed by atoms with Crippen molar-refractivity contribution in [3.05, 3.63) is 65.7 Å². The van der Waals surface area contributed by atoms with Crippen LogP contribution in [0, 0.1) is 0 Å². The van der Waals surface area contributed by atoms with Crippen molar-refractivity contribution in [2.45, 2.75) is 26.4 Å². The van der Waals surface area contributed by atoms with Crippen LogP contribution in [0.3, 0.4) is 0 Å². The Morgan fingerprint density at radius 3 is 2.29 bits per heavy atom. The largest absolute Gasteiger partial charge is 0.485 e. The molecular formula is C19H18N2O3. The van der Waals surface area contributed by atoms with Gasteiger partial charge in [0, 0.05) is 25.8 Å². The maximum absolute atomic E-state index is 11.7. The van der Waals surface area contributed by atoms with E-state index in [9.17, 15) is 9.59 Å². The number of rotatable bonds is 2. The molecule has 0 aromatic heterocycles. The Balaban J connectivity index is 2.04. The second-order valence-corrected chi connectivity index (χ2v) is 5.61. The lowest BCUT2D eigenvalue weighted by atomic mass is 9.96. The lowest BCUT2D eigenvalue weighted by molar-refractivity contribution is -0.142. The molecular weight excluding hydrogens is 304 g/mol. The summed E-state index contributed by atoms with van der Waals surface area (Å²) in [6, 6.07) is 17.3. The number of imide groups is 1. The number of carbonyl (C=O) groups excluding carboxylic acids is 2. The van der Waals surface area contributed by atoms with E-state index in [1.807, 2.05) is 54.6 Å². The standard InChI is InChI=1S/C19H18N2O3/c1-13(22)21(14(2)23)20-17-12-19(15-8-4-3-5-9-15)24-18-11-7-6-10-16(17)18/h3-11,19H,12H2,1-2H3/b20-17+. The number of nitrogens with zero attached hydrogens (tertiary/aromatic N) is 2. The molecule has 1 aliphatic heterocycles. The second kappa shape index (κ2) is 6.66. The molecule has 1 heterocycles. The van der Waals surface area contributed by atoms with Gasteiger partial charge in [0.05, 0.1) is 5.71 Å². The average molecular weight is 322 g/mol. The van der Waals surface area contributed by atoms with E-state index in [2.05, 4.69) is 5.10 Å². The highest BCUT2D eigenvalue weighted by molar-refractivity contribution is 6.05. The molecule has 24 heavy (non-hydrogen) atoms.